The summed E-state index contributed by atoms with van der Waals surface area (Å²) in [6, 6.07) is 14.1. The van der Waals surface area contributed by atoms with Gasteiger partial charge in [0, 0.05) is 24.2 Å². The highest BCUT2D eigenvalue weighted by Crippen LogP contribution is 2.25. The van der Waals surface area contributed by atoms with Crippen molar-refractivity contribution in [1.82, 2.24) is 10.3 Å². The van der Waals surface area contributed by atoms with Crippen LogP contribution in [0.1, 0.15) is 30.0 Å². The van der Waals surface area contributed by atoms with Crippen LogP contribution in [-0.2, 0) is 0 Å². The molecule has 0 radical (unpaired) electrons. The number of hydrogen-bond donors (Lipinski definition) is 1. The summed E-state index contributed by atoms with van der Waals surface area (Å²) in [5, 5.41) is 3.43. The van der Waals surface area contributed by atoms with Crippen molar-refractivity contribution in [3.63, 3.8) is 0 Å². The Hall–Kier alpha value is -1.87. The highest BCUT2D eigenvalue weighted by atomic mass is 16.5. The predicted molar refractivity (Wildman–Crippen MR) is 80.3 cm³/mol. The molecule has 0 amide bonds. The van der Waals surface area contributed by atoms with Crippen LogP contribution in [0.25, 0.3) is 0 Å². The van der Waals surface area contributed by atoms with Crippen LogP contribution in [0.5, 0.6) is 11.6 Å². The van der Waals surface area contributed by atoms with Crippen LogP contribution < -0.4 is 10.1 Å². The van der Waals surface area contributed by atoms with E-state index in [0.717, 1.165) is 24.5 Å². The average Bonchev–Trinajstić information content (AvgIpc) is 2.51. The maximum atomic E-state index is 5.83. The van der Waals surface area contributed by atoms with Gasteiger partial charge < -0.3 is 10.1 Å². The zero-order chi connectivity index (χ0) is 13.8. The van der Waals surface area contributed by atoms with Crippen LogP contribution >= 0.6 is 0 Å². The second-order valence-electron chi connectivity index (χ2n) is 5.36. The molecule has 3 rings (SSSR count). The summed E-state index contributed by atoms with van der Waals surface area (Å²) in [4.78, 5) is 4.65. The molecule has 3 nitrogen and oxygen atoms in total. The number of aryl methyl sites for hydroxylation is 1. The lowest BCUT2D eigenvalue weighted by atomic mass is 9.96. The number of rotatable bonds is 3. The number of nitrogens with zero attached hydrogens (tertiary/aromatic N) is 1. The molecule has 0 aliphatic carbocycles. The van der Waals surface area contributed by atoms with Gasteiger partial charge in [-0.15, -0.1) is 0 Å². The minimum Gasteiger partial charge on any atom is -0.439 e. The third-order valence-corrected chi connectivity index (χ3v) is 3.70. The van der Waals surface area contributed by atoms with Crippen LogP contribution in [0.3, 0.4) is 0 Å². The lowest BCUT2D eigenvalue weighted by molar-refractivity contribution is 0.435. The van der Waals surface area contributed by atoms with E-state index in [1.807, 2.05) is 36.4 Å². The summed E-state index contributed by atoms with van der Waals surface area (Å²) >= 11 is 0. The number of hydrogen-bond acceptors (Lipinski definition) is 3. The summed E-state index contributed by atoms with van der Waals surface area (Å²) in [5.74, 6) is 2.02. The van der Waals surface area contributed by atoms with Crippen LogP contribution in [0.4, 0.5) is 0 Å². The molecular weight excluding hydrogens is 248 g/mol. The van der Waals surface area contributed by atoms with Crippen molar-refractivity contribution >= 4 is 0 Å². The van der Waals surface area contributed by atoms with Crippen LogP contribution in [0.2, 0.25) is 0 Å². The van der Waals surface area contributed by atoms with Crippen molar-refractivity contribution in [1.29, 1.82) is 0 Å². The number of pyridine rings is 1. The van der Waals surface area contributed by atoms with Crippen molar-refractivity contribution in [3.05, 3.63) is 53.7 Å². The quantitative estimate of drug-likeness (QED) is 0.922. The molecule has 1 aliphatic heterocycles. The zero-order valence-electron chi connectivity index (χ0n) is 11.8. The van der Waals surface area contributed by atoms with Gasteiger partial charge in [-0.2, -0.15) is 0 Å². The van der Waals surface area contributed by atoms with Gasteiger partial charge in [-0.3, -0.25) is 0 Å². The van der Waals surface area contributed by atoms with Crippen molar-refractivity contribution in [2.75, 3.05) is 13.1 Å². The van der Waals surface area contributed by atoms with Crippen molar-refractivity contribution in [3.8, 4) is 11.6 Å². The van der Waals surface area contributed by atoms with E-state index in [0.29, 0.717) is 11.8 Å². The maximum Gasteiger partial charge on any atom is 0.219 e. The van der Waals surface area contributed by atoms with E-state index in [4.69, 9.17) is 4.74 Å². The highest BCUT2D eigenvalue weighted by molar-refractivity contribution is 5.30. The molecule has 1 fully saturated rings. The van der Waals surface area contributed by atoms with Crippen molar-refractivity contribution in [2.45, 2.75) is 25.7 Å². The molecule has 3 heteroatoms. The van der Waals surface area contributed by atoms with E-state index in [2.05, 4.69) is 23.3 Å². The summed E-state index contributed by atoms with van der Waals surface area (Å²) in [6.07, 6.45) is 2.42. The van der Waals surface area contributed by atoms with Gasteiger partial charge in [-0.05, 0) is 44.5 Å². The Morgan fingerprint density at radius 2 is 2.00 bits per heavy atom. The van der Waals surface area contributed by atoms with Crippen LogP contribution in [0.15, 0.2) is 42.5 Å². The van der Waals surface area contributed by atoms with Crippen molar-refractivity contribution in [2.24, 2.45) is 0 Å². The van der Waals surface area contributed by atoms with E-state index in [9.17, 15) is 0 Å². The fraction of sp³-hybridized carbons (Fsp3) is 0.353. The standard InChI is InChI=1S/C17H20N2O/c1-13-7-9-15(10-8-13)20-17-6-2-5-16(19-17)14-4-3-11-18-12-14/h2,5-10,14,18H,3-4,11-12H2,1H3. The zero-order valence-corrected chi connectivity index (χ0v) is 11.8. The van der Waals surface area contributed by atoms with E-state index in [-0.39, 0.29) is 0 Å². The molecule has 1 unspecified atom stereocenters. The summed E-state index contributed by atoms with van der Waals surface area (Å²) in [5.41, 5.74) is 2.36. The molecule has 2 aromatic rings. The molecule has 104 valence electrons. The number of aromatic nitrogens is 1. The Bertz CT molecular complexity index is 559. The first-order valence-corrected chi connectivity index (χ1v) is 7.23. The third kappa shape index (κ3) is 3.17. The second kappa shape index (κ2) is 6.06. The van der Waals surface area contributed by atoms with Crippen LogP contribution in [0, 0.1) is 6.92 Å². The minimum atomic E-state index is 0.505. The fourth-order valence-electron chi connectivity index (χ4n) is 2.55. The molecule has 1 aliphatic rings. The number of nitrogens with one attached hydrogen (secondary N) is 1. The molecule has 0 spiro atoms. The molecule has 1 saturated heterocycles. The molecule has 0 bridgehead atoms. The Morgan fingerprint density at radius 3 is 2.75 bits per heavy atom. The average molecular weight is 268 g/mol. The van der Waals surface area contributed by atoms with Gasteiger partial charge in [0.05, 0.1) is 0 Å². The molecule has 1 atom stereocenters. The number of benzene rings is 1. The van der Waals surface area contributed by atoms with Crippen LogP contribution in [-0.4, -0.2) is 18.1 Å². The summed E-state index contributed by atoms with van der Waals surface area (Å²) in [7, 11) is 0. The Balaban J connectivity index is 1.75. The largest absolute Gasteiger partial charge is 0.439 e. The maximum absolute atomic E-state index is 5.83. The molecule has 2 heterocycles. The van der Waals surface area contributed by atoms with Gasteiger partial charge in [0.25, 0.3) is 0 Å². The smallest absolute Gasteiger partial charge is 0.219 e. The van der Waals surface area contributed by atoms with Gasteiger partial charge in [0.15, 0.2) is 0 Å². The van der Waals surface area contributed by atoms with Gasteiger partial charge >= 0.3 is 0 Å². The molecule has 1 aromatic heterocycles. The van der Waals surface area contributed by atoms with E-state index < -0.39 is 0 Å². The van der Waals surface area contributed by atoms with Gasteiger partial charge in [-0.1, -0.05) is 23.8 Å². The Morgan fingerprint density at radius 1 is 1.15 bits per heavy atom. The fourth-order valence-corrected chi connectivity index (χ4v) is 2.55. The Kier molecular flexibility index (Phi) is 3.97. The predicted octanol–water partition coefficient (Wildman–Crippen LogP) is 3.65. The lowest BCUT2D eigenvalue weighted by Gasteiger charge is -2.22. The van der Waals surface area contributed by atoms with Crippen molar-refractivity contribution < 1.29 is 4.74 Å². The van der Waals surface area contributed by atoms with Gasteiger partial charge in [0.2, 0.25) is 5.88 Å². The molecule has 1 aromatic carbocycles. The second-order valence-corrected chi connectivity index (χ2v) is 5.36. The van der Waals surface area contributed by atoms with Gasteiger partial charge in [-0.25, -0.2) is 4.98 Å². The first kappa shape index (κ1) is 13.1. The third-order valence-electron chi connectivity index (χ3n) is 3.70. The number of piperidine rings is 1. The molecule has 0 saturated carbocycles. The summed E-state index contributed by atoms with van der Waals surface area (Å²) < 4.78 is 5.83. The van der Waals surface area contributed by atoms with E-state index in [1.165, 1.54) is 18.4 Å². The first-order valence-electron chi connectivity index (χ1n) is 7.23. The van der Waals surface area contributed by atoms with E-state index >= 15 is 0 Å². The molecule has 1 N–H and O–H groups in total. The van der Waals surface area contributed by atoms with Gasteiger partial charge in [0.1, 0.15) is 5.75 Å². The monoisotopic (exact) mass is 268 g/mol. The topological polar surface area (TPSA) is 34.1 Å². The van der Waals surface area contributed by atoms with E-state index in [1.54, 1.807) is 0 Å². The Labute approximate surface area is 120 Å². The normalized spacial score (nSPS) is 18.8. The number of ether oxygens (including phenoxy) is 1. The molecular formula is C17H20N2O. The lowest BCUT2D eigenvalue weighted by Crippen LogP contribution is -2.28. The highest BCUT2D eigenvalue weighted by Gasteiger charge is 2.16. The first-order chi connectivity index (χ1) is 9.81. The SMILES string of the molecule is Cc1ccc(Oc2cccc(C3CCCNC3)n2)cc1. The summed E-state index contributed by atoms with van der Waals surface area (Å²) in [6.45, 7) is 4.20. The minimum absolute atomic E-state index is 0.505. The molecule has 20 heavy (non-hydrogen) atoms.